The van der Waals surface area contributed by atoms with E-state index in [0.717, 1.165) is 11.3 Å². The van der Waals surface area contributed by atoms with E-state index in [1.54, 1.807) is 18.2 Å². The number of benzene rings is 2. The summed E-state index contributed by atoms with van der Waals surface area (Å²) in [6.45, 7) is 0.653. The Balaban J connectivity index is 2.07. The molecule has 2 rings (SSSR count). The fraction of sp³-hybridized carbons (Fsp3) is 0.0769. The maximum Gasteiger partial charge on any atom is 0.0652 e. The third-order valence-electron chi connectivity index (χ3n) is 2.30. The topological polar surface area (TPSA) is 38.0 Å². The molecule has 0 saturated carbocycles. The van der Waals surface area contributed by atoms with Crippen LogP contribution in [0.1, 0.15) is 5.56 Å². The summed E-state index contributed by atoms with van der Waals surface area (Å²) in [5.41, 5.74) is 8.21. The molecule has 0 spiro atoms. The molecule has 0 amide bonds. The van der Waals surface area contributed by atoms with Gasteiger partial charge >= 0.3 is 0 Å². The summed E-state index contributed by atoms with van der Waals surface area (Å²) in [6, 6.07) is 13.9. The Bertz CT molecular complexity index is 527. The number of nitrogens with one attached hydrogen (secondary N) is 1. The zero-order valence-corrected chi connectivity index (χ0v) is 10.5. The Morgan fingerprint density at radius 2 is 2.00 bits per heavy atom. The number of anilines is 2. The Hall–Kier alpha value is -1.38. The predicted octanol–water partition coefficient (Wildman–Crippen LogP) is 3.99. The van der Waals surface area contributed by atoms with Gasteiger partial charge in [0.1, 0.15) is 0 Å². The molecule has 1 radical (unpaired) electrons. The predicted molar refractivity (Wildman–Crippen MR) is 73.5 cm³/mol. The summed E-state index contributed by atoms with van der Waals surface area (Å²) in [6.07, 6.45) is 0. The van der Waals surface area contributed by atoms with Crippen LogP contribution in [0.2, 0.25) is 10.0 Å². The van der Waals surface area contributed by atoms with Gasteiger partial charge in [0, 0.05) is 23.3 Å². The monoisotopic (exact) mass is 265 g/mol. The highest BCUT2D eigenvalue weighted by Crippen LogP contribution is 2.25. The molecule has 2 aromatic carbocycles. The van der Waals surface area contributed by atoms with Crippen LogP contribution in [0.5, 0.6) is 0 Å². The highest BCUT2D eigenvalue weighted by Gasteiger charge is 2.01. The lowest BCUT2D eigenvalue weighted by molar-refractivity contribution is 1.15. The Morgan fingerprint density at radius 3 is 2.71 bits per heavy atom. The van der Waals surface area contributed by atoms with Gasteiger partial charge in [0.05, 0.1) is 10.7 Å². The molecule has 0 aliphatic heterocycles. The second kappa shape index (κ2) is 5.30. The molecule has 0 atom stereocenters. The zero-order valence-electron chi connectivity index (χ0n) is 9.00. The first-order chi connectivity index (χ1) is 8.15. The summed E-state index contributed by atoms with van der Waals surface area (Å²) in [5, 5.41) is 4.45. The Kier molecular flexibility index (Phi) is 3.77. The van der Waals surface area contributed by atoms with Crippen LogP contribution in [0, 0.1) is 6.07 Å². The van der Waals surface area contributed by atoms with Gasteiger partial charge in [0.2, 0.25) is 0 Å². The van der Waals surface area contributed by atoms with E-state index < -0.39 is 0 Å². The Morgan fingerprint density at radius 1 is 1.18 bits per heavy atom. The second-order valence-corrected chi connectivity index (χ2v) is 4.47. The van der Waals surface area contributed by atoms with Crippen molar-refractivity contribution < 1.29 is 0 Å². The summed E-state index contributed by atoms with van der Waals surface area (Å²) < 4.78 is 0. The molecule has 0 fully saturated rings. The van der Waals surface area contributed by atoms with Gasteiger partial charge in [-0.05, 0) is 29.8 Å². The van der Waals surface area contributed by atoms with Gasteiger partial charge in [-0.3, -0.25) is 0 Å². The molecule has 0 heterocycles. The van der Waals surface area contributed by atoms with Crippen molar-refractivity contribution in [2.24, 2.45) is 0 Å². The molecule has 2 nitrogen and oxygen atoms in total. The minimum absolute atomic E-state index is 0.605. The van der Waals surface area contributed by atoms with Crippen molar-refractivity contribution in [3.8, 4) is 0 Å². The van der Waals surface area contributed by atoms with Gasteiger partial charge in [0.15, 0.2) is 0 Å². The highest BCUT2D eigenvalue weighted by atomic mass is 35.5. The van der Waals surface area contributed by atoms with E-state index >= 15 is 0 Å². The van der Waals surface area contributed by atoms with Crippen molar-refractivity contribution in [2.45, 2.75) is 6.54 Å². The van der Waals surface area contributed by atoms with Crippen molar-refractivity contribution in [3.63, 3.8) is 0 Å². The van der Waals surface area contributed by atoms with Crippen molar-refractivity contribution in [3.05, 3.63) is 58.1 Å². The average Bonchev–Trinajstić information content (AvgIpc) is 2.28. The van der Waals surface area contributed by atoms with E-state index in [1.165, 1.54) is 0 Å². The zero-order chi connectivity index (χ0) is 12.3. The van der Waals surface area contributed by atoms with Crippen molar-refractivity contribution in [2.75, 3.05) is 11.1 Å². The fourth-order valence-electron chi connectivity index (χ4n) is 1.47. The van der Waals surface area contributed by atoms with Crippen LogP contribution in [-0.2, 0) is 6.54 Å². The van der Waals surface area contributed by atoms with Crippen LogP contribution in [-0.4, -0.2) is 0 Å². The second-order valence-electron chi connectivity index (χ2n) is 3.63. The Labute approximate surface area is 110 Å². The van der Waals surface area contributed by atoms with Crippen LogP contribution in [0.3, 0.4) is 0 Å². The van der Waals surface area contributed by atoms with E-state index in [1.807, 2.05) is 18.2 Å². The van der Waals surface area contributed by atoms with E-state index in [4.69, 9.17) is 28.9 Å². The standard InChI is InChI=1S/C13H11Cl2N2/c14-10-4-5-13(12(15)7-10)17-8-9-2-1-3-11(16)6-9/h1-2,4-7,17H,8,16H2. The summed E-state index contributed by atoms with van der Waals surface area (Å²) in [5.74, 6) is 0. The first-order valence-electron chi connectivity index (χ1n) is 5.10. The maximum absolute atomic E-state index is 6.05. The van der Waals surface area contributed by atoms with Crippen LogP contribution < -0.4 is 11.1 Å². The summed E-state index contributed by atoms with van der Waals surface area (Å²) >= 11 is 11.9. The smallest absolute Gasteiger partial charge is 0.0652 e. The molecule has 0 unspecified atom stereocenters. The molecule has 0 saturated heterocycles. The van der Waals surface area contributed by atoms with E-state index in [2.05, 4.69) is 11.4 Å². The minimum Gasteiger partial charge on any atom is -0.398 e. The number of hydrogen-bond donors (Lipinski definition) is 2. The third kappa shape index (κ3) is 3.29. The van der Waals surface area contributed by atoms with Crippen molar-refractivity contribution >= 4 is 34.6 Å². The molecule has 0 aliphatic carbocycles. The lowest BCUT2D eigenvalue weighted by atomic mass is 10.2. The van der Waals surface area contributed by atoms with E-state index in [9.17, 15) is 0 Å². The lowest BCUT2D eigenvalue weighted by Gasteiger charge is -2.09. The lowest BCUT2D eigenvalue weighted by Crippen LogP contribution is -2.00. The molecule has 17 heavy (non-hydrogen) atoms. The number of nitrogen functional groups attached to an aromatic ring is 1. The number of hydrogen-bond acceptors (Lipinski definition) is 2. The van der Waals surface area contributed by atoms with Gasteiger partial charge in [-0.2, -0.15) is 0 Å². The highest BCUT2D eigenvalue weighted by molar-refractivity contribution is 6.36. The van der Waals surface area contributed by atoms with Crippen LogP contribution >= 0.6 is 23.2 Å². The van der Waals surface area contributed by atoms with Crippen LogP contribution in [0.25, 0.3) is 0 Å². The van der Waals surface area contributed by atoms with Gasteiger partial charge < -0.3 is 11.1 Å². The normalized spacial score (nSPS) is 10.2. The molecular formula is C13H11Cl2N2. The summed E-state index contributed by atoms with van der Waals surface area (Å²) in [7, 11) is 0. The molecule has 87 valence electrons. The summed E-state index contributed by atoms with van der Waals surface area (Å²) in [4.78, 5) is 0. The number of rotatable bonds is 3. The number of nitrogens with two attached hydrogens (primary N) is 1. The SMILES string of the molecule is Nc1[c]ccc(CNc2ccc(Cl)cc2Cl)c1. The van der Waals surface area contributed by atoms with Crippen molar-refractivity contribution in [1.82, 2.24) is 0 Å². The largest absolute Gasteiger partial charge is 0.398 e. The van der Waals surface area contributed by atoms with E-state index in [-0.39, 0.29) is 0 Å². The first kappa shape index (κ1) is 12.1. The molecule has 2 aromatic rings. The molecule has 0 aromatic heterocycles. The van der Waals surface area contributed by atoms with Gasteiger partial charge in [-0.15, -0.1) is 0 Å². The minimum atomic E-state index is 0.605. The molecule has 4 heteroatoms. The van der Waals surface area contributed by atoms with Crippen molar-refractivity contribution in [1.29, 1.82) is 0 Å². The average molecular weight is 266 g/mol. The maximum atomic E-state index is 6.05. The van der Waals surface area contributed by atoms with Gasteiger partial charge in [0.25, 0.3) is 0 Å². The molecule has 3 N–H and O–H groups in total. The fourth-order valence-corrected chi connectivity index (χ4v) is 1.95. The first-order valence-corrected chi connectivity index (χ1v) is 5.86. The third-order valence-corrected chi connectivity index (χ3v) is 2.85. The molecular weight excluding hydrogens is 255 g/mol. The number of halogens is 2. The molecule has 0 aliphatic rings. The quantitative estimate of drug-likeness (QED) is 0.824. The van der Waals surface area contributed by atoms with Gasteiger partial charge in [-0.25, -0.2) is 0 Å². The van der Waals surface area contributed by atoms with Gasteiger partial charge in [-0.1, -0.05) is 35.3 Å². The van der Waals surface area contributed by atoms with Crippen LogP contribution in [0.15, 0.2) is 36.4 Å². The van der Waals surface area contributed by atoms with E-state index in [0.29, 0.717) is 22.3 Å². The van der Waals surface area contributed by atoms with Crippen LogP contribution in [0.4, 0.5) is 11.4 Å². The molecule has 0 bridgehead atoms.